The fourth-order valence-electron chi connectivity index (χ4n) is 2.55. The molecule has 1 aliphatic rings. The highest BCUT2D eigenvalue weighted by Crippen LogP contribution is 2.44. The molecule has 0 atom stereocenters. The molecule has 0 radical (unpaired) electrons. The van der Waals surface area contributed by atoms with Crippen LogP contribution < -0.4 is 4.74 Å². The zero-order chi connectivity index (χ0) is 13.5. The molecule has 19 heavy (non-hydrogen) atoms. The van der Waals surface area contributed by atoms with Gasteiger partial charge in [0.2, 0.25) is 5.88 Å². The Morgan fingerprint density at radius 1 is 1.37 bits per heavy atom. The fourth-order valence-corrected chi connectivity index (χ4v) is 2.55. The second-order valence-electron chi connectivity index (χ2n) is 4.86. The Morgan fingerprint density at radius 2 is 2.16 bits per heavy atom. The summed E-state index contributed by atoms with van der Waals surface area (Å²) in [6, 6.07) is 5.47. The third-order valence-electron chi connectivity index (χ3n) is 3.90. The van der Waals surface area contributed by atoms with Crippen molar-refractivity contribution >= 4 is 17.0 Å². The lowest BCUT2D eigenvalue weighted by Gasteiger charge is -2.38. The van der Waals surface area contributed by atoms with Crippen LogP contribution in [-0.2, 0) is 10.2 Å². The largest absolute Gasteiger partial charge is 0.481 e. The average molecular weight is 258 g/mol. The first kappa shape index (κ1) is 11.9. The number of hydrogen-bond acceptors (Lipinski definition) is 4. The van der Waals surface area contributed by atoms with E-state index in [9.17, 15) is 9.90 Å². The molecule has 1 aliphatic carbocycles. The SMILES string of the molecule is COc1cnc2cc(C3(C(=O)O)CCC3)ccc2n1. The van der Waals surface area contributed by atoms with Crippen LogP contribution in [0.5, 0.6) is 5.88 Å². The number of fused-ring (bicyclic) bond motifs is 1. The van der Waals surface area contributed by atoms with E-state index in [1.165, 1.54) is 7.11 Å². The lowest BCUT2D eigenvalue weighted by atomic mass is 9.64. The number of ether oxygens (including phenoxy) is 1. The molecule has 1 aromatic carbocycles. The van der Waals surface area contributed by atoms with Gasteiger partial charge in [-0.1, -0.05) is 12.5 Å². The minimum absolute atomic E-state index is 0.455. The van der Waals surface area contributed by atoms with Gasteiger partial charge in [0.25, 0.3) is 0 Å². The number of methoxy groups -OCH3 is 1. The van der Waals surface area contributed by atoms with E-state index < -0.39 is 11.4 Å². The van der Waals surface area contributed by atoms with Crippen molar-refractivity contribution in [2.45, 2.75) is 24.7 Å². The summed E-state index contributed by atoms with van der Waals surface area (Å²) >= 11 is 0. The van der Waals surface area contributed by atoms with Crippen molar-refractivity contribution < 1.29 is 14.6 Å². The molecule has 1 heterocycles. The number of carbonyl (C=O) groups is 1. The Bertz CT molecular complexity index is 650. The van der Waals surface area contributed by atoms with Crippen LogP contribution in [0.1, 0.15) is 24.8 Å². The molecule has 1 saturated carbocycles. The molecule has 2 aromatic rings. The van der Waals surface area contributed by atoms with Crippen LogP contribution in [0.2, 0.25) is 0 Å². The molecule has 0 aliphatic heterocycles. The predicted octanol–water partition coefficient (Wildman–Crippen LogP) is 2.14. The molecule has 5 nitrogen and oxygen atoms in total. The molecule has 1 aromatic heterocycles. The minimum Gasteiger partial charge on any atom is -0.481 e. The highest BCUT2D eigenvalue weighted by atomic mass is 16.5. The number of benzene rings is 1. The van der Waals surface area contributed by atoms with Crippen molar-refractivity contribution in [2.75, 3.05) is 7.11 Å². The lowest BCUT2D eigenvalue weighted by molar-refractivity contribution is -0.147. The summed E-state index contributed by atoms with van der Waals surface area (Å²) < 4.78 is 5.02. The van der Waals surface area contributed by atoms with Gasteiger partial charge in [-0.25, -0.2) is 9.97 Å². The molecular weight excluding hydrogens is 244 g/mol. The Morgan fingerprint density at radius 3 is 2.74 bits per heavy atom. The van der Waals surface area contributed by atoms with E-state index in [2.05, 4.69) is 9.97 Å². The fraction of sp³-hybridized carbons (Fsp3) is 0.357. The monoisotopic (exact) mass is 258 g/mol. The first-order chi connectivity index (χ1) is 9.15. The van der Waals surface area contributed by atoms with Gasteiger partial charge in [-0.15, -0.1) is 0 Å². The van der Waals surface area contributed by atoms with Crippen LogP contribution in [0, 0.1) is 0 Å². The number of carboxylic acid groups (broad SMARTS) is 1. The Hall–Kier alpha value is -2.17. The number of hydrogen-bond donors (Lipinski definition) is 1. The number of aliphatic carboxylic acids is 1. The molecule has 3 rings (SSSR count). The maximum Gasteiger partial charge on any atom is 0.314 e. The summed E-state index contributed by atoms with van der Waals surface area (Å²) in [5.41, 5.74) is 1.50. The lowest BCUT2D eigenvalue weighted by Crippen LogP contribution is -2.42. The summed E-state index contributed by atoms with van der Waals surface area (Å²) in [7, 11) is 1.54. The van der Waals surface area contributed by atoms with Crippen molar-refractivity contribution in [3.8, 4) is 5.88 Å². The summed E-state index contributed by atoms with van der Waals surface area (Å²) in [5, 5.41) is 9.44. The molecule has 0 spiro atoms. The summed E-state index contributed by atoms with van der Waals surface area (Å²) in [4.78, 5) is 20.0. The van der Waals surface area contributed by atoms with Gasteiger partial charge in [-0.05, 0) is 30.5 Å². The Labute approximate surface area is 110 Å². The first-order valence-electron chi connectivity index (χ1n) is 6.20. The molecular formula is C14H14N2O3. The quantitative estimate of drug-likeness (QED) is 0.913. The number of rotatable bonds is 3. The second kappa shape index (κ2) is 4.19. The van der Waals surface area contributed by atoms with Gasteiger partial charge in [0.05, 0.1) is 29.8 Å². The molecule has 1 fully saturated rings. The van der Waals surface area contributed by atoms with E-state index in [0.717, 1.165) is 12.0 Å². The topological polar surface area (TPSA) is 72.3 Å². The van der Waals surface area contributed by atoms with Gasteiger partial charge < -0.3 is 9.84 Å². The number of carboxylic acids is 1. The zero-order valence-corrected chi connectivity index (χ0v) is 10.6. The summed E-state index contributed by atoms with van der Waals surface area (Å²) in [6.07, 6.45) is 3.88. The summed E-state index contributed by atoms with van der Waals surface area (Å²) in [5.74, 6) is -0.295. The standard InChI is InChI=1S/C14H14N2O3/c1-19-12-8-15-11-7-9(3-4-10(11)16-12)14(13(17)18)5-2-6-14/h3-4,7-8H,2,5-6H2,1H3,(H,17,18). The van der Waals surface area contributed by atoms with Crippen LogP contribution in [0.4, 0.5) is 0 Å². The van der Waals surface area contributed by atoms with Crippen LogP contribution in [-0.4, -0.2) is 28.2 Å². The highest BCUT2D eigenvalue weighted by Gasteiger charge is 2.45. The Kier molecular flexibility index (Phi) is 2.62. The van der Waals surface area contributed by atoms with Crippen molar-refractivity contribution in [3.05, 3.63) is 30.0 Å². The molecule has 0 unspecified atom stereocenters. The van der Waals surface area contributed by atoms with Gasteiger partial charge >= 0.3 is 5.97 Å². The van der Waals surface area contributed by atoms with Gasteiger partial charge in [0.1, 0.15) is 0 Å². The first-order valence-corrected chi connectivity index (χ1v) is 6.20. The van der Waals surface area contributed by atoms with Gasteiger partial charge in [0.15, 0.2) is 0 Å². The van der Waals surface area contributed by atoms with Crippen LogP contribution in [0.15, 0.2) is 24.4 Å². The van der Waals surface area contributed by atoms with Crippen molar-refractivity contribution in [1.29, 1.82) is 0 Å². The molecule has 0 bridgehead atoms. The van der Waals surface area contributed by atoms with Crippen LogP contribution in [0.25, 0.3) is 11.0 Å². The van der Waals surface area contributed by atoms with Crippen molar-refractivity contribution in [1.82, 2.24) is 9.97 Å². The maximum atomic E-state index is 11.5. The molecule has 0 saturated heterocycles. The van der Waals surface area contributed by atoms with Gasteiger partial charge in [-0.3, -0.25) is 4.79 Å². The zero-order valence-electron chi connectivity index (χ0n) is 10.6. The van der Waals surface area contributed by atoms with E-state index >= 15 is 0 Å². The molecule has 98 valence electrons. The highest BCUT2D eigenvalue weighted by molar-refractivity contribution is 5.85. The molecule has 1 N–H and O–H groups in total. The van der Waals surface area contributed by atoms with E-state index in [0.29, 0.717) is 29.8 Å². The average Bonchev–Trinajstić information content (AvgIpc) is 2.36. The number of nitrogens with zero attached hydrogens (tertiary/aromatic N) is 2. The molecule has 5 heteroatoms. The van der Waals surface area contributed by atoms with E-state index in [-0.39, 0.29) is 0 Å². The normalized spacial score (nSPS) is 16.9. The van der Waals surface area contributed by atoms with Crippen molar-refractivity contribution in [3.63, 3.8) is 0 Å². The second-order valence-corrected chi connectivity index (χ2v) is 4.86. The predicted molar refractivity (Wildman–Crippen MR) is 69.3 cm³/mol. The minimum atomic E-state index is -0.750. The summed E-state index contributed by atoms with van der Waals surface area (Å²) in [6.45, 7) is 0. The number of aromatic nitrogens is 2. The van der Waals surface area contributed by atoms with Gasteiger partial charge in [0, 0.05) is 0 Å². The van der Waals surface area contributed by atoms with Crippen LogP contribution >= 0.6 is 0 Å². The maximum absolute atomic E-state index is 11.5. The molecule has 0 amide bonds. The third kappa shape index (κ3) is 1.73. The van der Waals surface area contributed by atoms with E-state index in [4.69, 9.17) is 4.74 Å². The van der Waals surface area contributed by atoms with E-state index in [1.807, 2.05) is 18.2 Å². The Balaban J connectivity index is 2.09. The smallest absolute Gasteiger partial charge is 0.314 e. The van der Waals surface area contributed by atoms with Crippen molar-refractivity contribution in [2.24, 2.45) is 0 Å². The van der Waals surface area contributed by atoms with E-state index in [1.54, 1.807) is 6.20 Å². The third-order valence-corrected chi connectivity index (χ3v) is 3.90. The van der Waals surface area contributed by atoms with Gasteiger partial charge in [-0.2, -0.15) is 0 Å². The van der Waals surface area contributed by atoms with Crippen LogP contribution in [0.3, 0.4) is 0 Å².